The molecule has 0 aliphatic rings. The van der Waals surface area contributed by atoms with E-state index in [1.165, 1.54) is 23.9 Å². The van der Waals surface area contributed by atoms with Gasteiger partial charge in [0.2, 0.25) is 5.91 Å². The number of anilines is 1. The Bertz CT molecular complexity index is 899. The van der Waals surface area contributed by atoms with Gasteiger partial charge in [0.15, 0.2) is 5.16 Å². The van der Waals surface area contributed by atoms with Gasteiger partial charge in [-0.25, -0.2) is 9.37 Å². The number of thioether (sulfide) groups is 1. The number of aromatic amines is 1. The van der Waals surface area contributed by atoms with Crippen molar-refractivity contribution in [2.24, 2.45) is 0 Å². The third-order valence-electron chi connectivity index (χ3n) is 3.06. The number of hydrogen-bond donors (Lipinski definition) is 2. The molecule has 0 saturated heterocycles. The van der Waals surface area contributed by atoms with E-state index < -0.39 is 0 Å². The summed E-state index contributed by atoms with van der Waals surface area (Å²) in [5.41, 5.74) is 2.41. The van der Waals surface area contributed by atoms with Crippen molar-refractivity contribution in [1.29, 1.82) is 5.26 Å². The van der Waals surface area contributed by atoms with E-state index in [0.29, 0.717) is 21.9 Å². The van der Waals surface area contributed by atoms with Crippen LogP contribution in [0.25, 0.3) is 11.0 Å². The van der Waals surface area contributed by atoms with E-state index in [2.05, 4.69) is 15.3 Å². The zero-order chi connectivity index (χ0) is 16.2. The lowest BCUT2D eigenvalue weighted by Gasteiger charge is -2.03. The van der Waals surface area contributed by atoms with Gasteiger partial charge in [-0.2, -0.15) is 5.26 Å². The first-order chi connectivity index (χ1) is 11.1. The number of nitriles is 1. The first-order valence-corrected chi connectivity index (χ1v) is 7.71. The van der Waals surface area contributed by atoms with Crippen molar-refractivity contribution in [1.82, 2.24) is 9.97 Å². The molecule has 2 N–H and O–H groups in total. The summed E-state index contributed by atoms with van der Waals surface area (Å²) in [6, 6.07) is 12.9. The molecule has 0 saturated carbocycles. The van der Waals surface area contributed by atoms with Gasteiger partial charge < -0.3 is 10.3 Å². The van der Waals surface area contributed by atoms with Crippen molar-refractivity contribution >= 4 is 34.4 Å². The van der Waals surface area contributed by atoms with Gasteiger partial charge in [-0.3, -0.25) is 4.79 Å². The largest absolute Gasteiger partial charge is 0.333 e. The van der Waals surface area contributed by atoms with E-state index in [1.807, 2.05) is 6.07 Å². The van der Waals surface area contributed by atoms with Crippen molar-refractivity contribution in [3.05, 3.63) is 53.8 Å². The van der Waals surface area contributed by atoms with Gasteiger partial charge in [0.25, 0.3) is 0 Å². The number of amides is 1. The Labute approximate surface area is 135 Å². The molecular formula is C16H11FN4OS. The Morgan fingerprint density at radius 1 is 1.30 bits per heavy atom. The fraction of sp³-hybridized carbons (Fsp3) is 0.0625. The number of nitrogens with one attached hydrogen (secondary N) is 2. The molecule has 1 heterocycles. The van der Waals surface area contributed by atoms with Gasteiger partial charge in [-0.15, -0.1) is 0 Å². The highest BCUT2D eigenvalue weighted by Crippen LogP contribution is 2.20. The molecule has 0 bridgehead atoms. The van der Waals surface area contributed by atoms with Gasteiger partial charge in [-0.05, 0) is 36.4 Å². The summed E-state index contributed by atoms with van der Waals surface area (Å²) in [5, 5.41) is 12.0. The molecule has 1 amide bonds. The molecule has 2 aromatic carbocycles. The second-order valence-corrected chi connectivity index (χ2v) is 5.69. The first kappa shape index (κ1) is 15.1. The molecule has 7 heteroatoms. The summed E-state index contributed by atoms with van der Waals surface area (Å²) >= 11 is 1.23. The number of aromatic nitrogens is 2. The highest BCUT2D eigenvalue weighted by atomic mass is 32.2. The van der Waals surface area contributed by atoms with Crippen LogP contribution in [0.5, 0.6) is 0 Å². The van der Waals surface area contributed by atoms with Gasteiger partial charge in [0, 0.05) is 11.8 Å². The average Bonchev–Trinajstić information content (AvgIpc) is 2.95. The maximum atomic E-state index is 13.1. The Kier molecular flexibility index (Phi) is 4.26. The summed E-state index contributed by atoms with van der Waals surface area (Å²) in [5.74, 6) is -0.368. The summed E-state index contributed by atoms with van der Waals surface area (Å²) in [7, 11) is 0. The quantitative estimate of drug-likeness (QED) is 0.721. The summed E-state index contributed by atoms with van der Waals surface area (Å²) in [6.45, 7) is 0. The number of nitrogens with zero attached hydrogens (tertiary/aromatic N) is 2. The number of fused-ring (bicyclic) bond motifs is 1. The van der Waals surface area contributed by atoms with Crippen LogP contribution in [0.1, 0.15) is 5.56 Å². The van der Waals surface area contributed by atoms with Crippen molar-refractivity contribution in [2.75, 3.05) is 11.1 Å². The lowest BCUT2D eigenvalue weighted by Crippen LogP contribution is -2.14. The number of rotatable bonds is 4. The number of carbonyl (C=O) groups excluding carboxylic acids is 1. The van der Waals surface area contributed by atoms with Crippen LogP contribution in [-0.4, -0.2) is 21.6 Å². The van der Waals surface area contributed by atoms with Crippen LogP contribution in [0.2, 0.25) is 0 Å². The fourth-order valence-electron chi connectivity index (χ4n) is 1.98. The minimum absolute atomic E-state index is 0.169. The van der Waals surface area contributed by atoms with Crippen molar-refractivity contribution < 1.29 is 9.18 Å². The average molecular weight is 326 g/mol. The van der Waals surface area contributed by atoms with Gasteiger partial charge in [0.1, 0.15) is 5.82 Å². The minimum Gasteiger partial charge on any atom is -0.333 e. The normalized spacial score (nSPS) is 10.4. The fourth-order valence-corrected chi connectivity index (χ4v) is 2.67. The van der Waals surface area contributed by atoms with Crippen molar-refractivity contribution in [3.63, 3.8) is 0 Å². The molecule has 0 radical (unpaired) electrons. The maximum absolute atomic E-state index is 13.1. The van der Waals surface area contributed by atoms with Crippen LogP contribution in [0.4, 0.5) is 10.1 Å². The zero-order valence-electron chi connectivity index (χ0n) is 11.8. The number of benzene rings is 2. The molecule has 1 aromatic heterocycles. The van der Waals surface area contributed by atoms with Gasteiger partial charge in [0.05, 0.1) is 28.4 Å². The van der Waals surface area contributed by atoms with Crippen LogP contribution < -0.4 is 5.32 Å². The van der Waals surface area contributed by atoms with Crippen LogP contribution in [0, 0.1) is 17.1 Å². The highest BCUT2D eigenvalue weighted by molar-refractivity contribution is 7.99. The van der Waals surface area contributed by atoms with E-state index >= 15 is 0 Å². The summed E-state index contributed by atoms with van der Waals surface area (Å²) in [6.07, 6.45) is 0. The Balaban J connectivity index is 1.60. The second-order valence-electron chi connectivity index (χ2n) is 4.73. The first-order valence-electron chi connectivity index (χ1n) is 6.72. The van der Waals surface area contributed by atoms with Gasteiger partial charge in [-0.1, -0.05) is 11.8 Å². The summed E-state index contributed by atoms with van der Waals surface area (Å²) in [4.78, 5) is 19.2. The van der Waals surface area contributed by atoms with E-state index in [0.717, 1.165) is 5.52 Å². The monoisotopic (exact) mass is 326 g/mol. The standard InChI is InChI=1S/C16H11FN4OS/c17-11-3-6-13-14(7-11)21-16(20-13)23-9-15(22)19-12-4-1-10(8-18)2-5-12/h1-7H,9H2,(H,19,22)(H,20,21). The molecular weight excluding hydrogens is 315 g/mol. The lowest BCUT2D eigenvalue weighted by atomic mass is 10.2. The summed E-state index contributed by atoms with van der Waals surface area (Å²) < 4.78 is 13.1. The van der Waals surface area contributed by atoms with Crippen LogP contribution >= 0.6 is 11.8 Å². The third-order valence-corrected chi connectivity index (χ3v) is 3.93. The zero-order valence-corrected chi connectivity index (χ0v) is 12.7. The predicted molar refractivity (Wildman–Crippen MR) is 86.6 cm³/mol. The molecule has 0 fully saturated rings. The number of hydrogen-bond acceptors (Lipinski definition) is 4. The molecule has 0 unspecified atom stereocenters. The van der Waals surface area contributed by atoms with Gasteiger partial charge >= 0.3 is 0 Å². The number of H-pyrrole nitrogens is 1. The van der Waals surface area contributed by atoms with Crippen LogP contribution in [-0.2, 0) is 4.79 Å². The highest BCUT2D eigenvalue weighted by Gasteiger charge is 2.08. The van der Waals surface area contributed by atoms with Crippen molar-refractivity contribution in [2.45, 2.75) is 5.16 Å². The van der Waals surface area contributed by atoms with E-state index in [9.17, 15) is 9.18 Å². The Morgan fingerprint density at radius 3 is 2.83 bits per heavy atom. The maximum Gasteiger partial charge on any atom is 0.234 e. The molecule has 0 atom stereocenters. The van der Waals surface area contributed by atoms with Crippen LogP contribution in [0.3, 0.4) is 0 Å². The Hall–Kier alpha value is -2.85. The molecule has 5 nitrogen and oxygen atoms in total. The molecule has 114 valence electrons. The molecule has 0 aliphatic carbocycles. The molecule has 0 aliphatic heterocycles. The minimum atomic E-state index is -0.348. The Morgan fingerprint density at radius 2 is 2.09 bits per heavy atom. The molecule has 3 rings (SSSR count). The van der Waals surface area contributed by atoms with E-state index in [-0.39, 0.29) is 17.5 Å². The van der Waals surface area contributed by atoms with E-state index in [4.69, 9.17) is 5.26 Å². The van der Waals surface area contributed by atoms with Crippen LogP contribution in [0.15, 0.2) is 47.6 Å². The van der Waals surface area contributed by atoms with Crippen molar-refractivity contribution in [3.8, 4) is 6.07 Å². The molecule has 0 spiro atoms. The topological polar surface area (TPSA) is 81.6 Å². The SMILES string of the molecule is N#Cc1ccc(NC(=O)CSc2nc3cc(F)ccc3[nH]2)cc1. The van der Waals surface area contributed by atoms with E-state index in [1.54, 1.807) is 30.3 Å². The predicted octanol–water partition coefficient (Wildman–Crippen LogP) is 3.30. The third kappa shape index (κ3) is 3.67. The smallest absolute Gasteiger partial charge is 0.234 e. The number of halogens is 1. The number of imidazole rings is 1. The lowest BCUT2D eigenvalue weighted by molar-refractivity contribution is -0.113. The second kappa shape index (κ2) is 6.50. The molecule has 3 aromatic rings. The number of carbonyl (C=O) groups is 1. The molecule has 23 heavy (non-hydrogen) atoms.